The number of hydrogen-bond donors (Lipinski definition) is 0. The average Bonchev–Trinajstić information content (AvgIpc) is 2.13. The molecule has 0 bridgehead atoms. The van der Waals surface area contributed by atoms with Gasteiger partial charge in [0.25, 0.3) is 0 Å². The first-order valence-electron chi connectivity index (χ1n) is 3.04. The first kappa shape index (κ1) is 6.26. The molecule has 1 aliphatic rings. The normalized spacial score (nSPS) is 25.1. The van der Waals surface area contributed by atoms with Gasteiger partial charge in [-0.1, -0.05) is 0 Å². The zero-order chi connectivity index (χ0) is 6.85. The number of nitrogens with zero attached hydrogens (tertiary/aromatic N) is 2. The summed E-state index contributed by atoms with van der Waals surface area (Å²) in [5.41, 5.74) is 0. The quantitative estimate of drug-likeness (QED) is 0.468. The van der Waals surface area contributed by atoms with Crippen LogP contribution in [0.2, 0.25) is 0 Å². The van der Waals surface area contributed by atoms with Gasteiger partial charge in [0.1, 0.15) is 0 Å². The Morgan fingerprint density at radius 1 is 1.89 bits per heavy atom. The second-order valence-corrected chi connectivity index (χ2v) is 2.25. The van der Waals surface area contributed by atoms with Gasteiger partial charge in [-0.05, 0) is 6.92 Å². The number of carbonyl (C=O) groups excluding carboxylic acids is 1. The van der Waals surface area contributed by atoms with Gasteiger partial charge in [0, 0.05) is 19.6 Å². The predicted molar refractivity (Wildman–Crippen MR) is 35.1 cm³/mol. The van der Waals surface area contributed by atoms with Gasteiger partial charge in [0.05, 0.1) is 6.04 Å². The van der Waals surface area contributed by atoms with Crippen molar-refractivity contribution >= 4 is 12.1 Å². The maximum atomic E-state index is 10.7. The molecule has 0 aromatic heterocycles. The van der Waals surface area contributed by atoms with Crippen LogP contribution in [-0.2, 0) is 4.79 Å². The van der Waals surface area contributed by atoms with Gasteiger partial charge >= 0.3 is 0 Å². The monoisotopic (exact) mass is 126 g/mol. The van der Waals surface area contributed by atoms with Crippen LogP contribution in [0.5, 0.6) is 0 Å². The van der Waals surface area contributed by atoms with Crippen molar-refractivity contribution in [3.05, 3.63) is 0 Å². The standard InChI is InChI=1S/C6H10N2O/c1-5-3-4-7-8(5)6(2)9/h4-5H,3H2,1-2H3. The molecule has 0 saturated carbocycles. The van der Waals surface area contributed by atoms with E-state index >= 15 is 0 Å². The maximum absolute atomic E-state index is 10.7. The Hall–Kier alpha value is -0.860. The first-order valence-corrected chi connectivity index (χ1v) is 3.04. The lowest BCUT2D eigenvalue weighted by atomic mass is 10.3. The lowest BCUT2D eigenvalue weighted by Gasteiger charge is -2.14. The zero-order valence-electron chi connectivity index (χ0n) is 5.66. The van der Waals surface area contributed by atoms with Gasteiger partial charge in [-0.25, -0.2) is 5.01 Å². The molecule has 1 rings (SSSR count). The van der Waals surface area contributed by atoms with Gasteiger partial charge in [-0.2, -0.15) is 5.10 Å². The van der Waals surface area contributed by atoms with Crippen LogP contribution in [0, 0.1) is 0 Å². The van der Waals surface area contributed by atoms with Gasteiger partial charge in [-0.15, -0.1) is 0 Å². The SMILES string of the molecule is CC(=O)N1N=CCC1C. The van der Waals surface area contributed by atoms with E-state index in [2.05, 4.69) is 5.10 Å². The number of amides is 1. The minimum Gasteiger partial charge on any atom is -0.273 e. The van der Waals surface area contributed by atoms with E-state index in [1.807, 2.05) is 6.92 Å². The lowest BCUT2D eigenvalue weighted by Crippen LogP contribution is -2.27. The van der Waals surface area contributed by atoms with Crippen molar-refractivity contribution < 1.29 is 4.79 Å². The van der Waals surface area contributed by atoms with Crippen molar-refractivity contribution in [3.63, 3.8) is 0 Å². The van der Waals surface area contributed by atoms with Crippen molar-refractivity contribution in [1.29, 1.82) is 0 Å². The van der Waals surface area contributed by atoms with Crippen LogP contribution in [0.25, 0.3) is 0 Å². The van der Waals surface area contributed by atoms with Crippen molar-refractivity contribution in [2.45, 2.75) is 26.3 Å². The van der Waals surface area contributed by atoms with E-state index in [1.165, 1.54) is 11.9 Å². The highest BCUT2D eigenvalue weighted by atomic mass is 16.2. The van der Waals surface area contributed by atoms with Crippen molar-refractivity contribution in [2.75, 3.05) is 0 Å². The van der Waals surface area contributed by atoms with Crippen molar-refractivity contribution in [1.82, 2.24) is 5.01 Å². The Labute approximate surface area is 54.3 Å². The number of hydrazone groups is 1. The summed E-state index contributed by atoms with van der Waals surface area (Å²) in [5.74, 6) is 0.0243. The summed E-state index contributed by atoms with van der Waals surface area (Å²) >= 11 is 0. The Kier molecular flexibility index (Phi) is 1.51. The highest BCUT2D eigenvalue weighted by Gasteiger charge is 2.18. The number of carbonyl (C=O) groups is 1. The topological polar surface area (TPSA) is 32.7 Å². The summed E-state index contributed by atoms with van der Waals surface area (Å²) in [5, 5.41) is 5.38. The van der Waals surface area contributed by atoms with Crippen molar-refractivity contribution in [3.8, 4) is 0 Å². The molecule has 0 aromatic rings. The highest BCUT2D eigenvalue weighted by Crippen LogP contribution is 2.08. The molecule has 0 N–H and O–H groups in total. The first-order chi connectivity index (χ1) is 4.22. The molecular weight excluding hydrogens is 116 g/mol. The molecule has 0 spiro atoms. The van der Waals surface area contributed by atoms with Crippen LogP contribution in [0.4, 0.5) is 0 Å². The molecule has 50 valence electrons. The van der Waals surface area contributed by atoms with Crippen LogP contribution in [0.15, 0.2) is 5.10 Å². The lowest BCUT2D eigenvalue weighted by molar-refractivity contribution is -0.130. The summed E-state index contributed by atoms with van der Waals surface area (Å²) in [6.07, 6.45) is 2.66. The Morgan fingerprint density at radius 3 is 2.78 bits per heavy atom. The molecular formula is C6H10N2O. The summed E-state index contributed by atoms with van der Waals surface area (Å²) in [6, 6.07) is 0.266. The molecule has 0 fully saturated rings. The summed E-state index contributed by atoms with van der Waals surface area (Å²) < 4.78 is 0. The highest BCUT2D eigenvalue weighted by molar-refractivity contribution is 5.77. The third kappa shape index (κ3) is 1.09. The zero-order valence-corrected chi connectivity index (χ0v) is 5.66. The average molecular weight is 126 g/mol. The van der Waals surface area contributed by atoms with E-state index < -0.39 is 0 Å². The molecule has 1 unspecified atom stereocenters. The fraction of sp³-hybridized carbons (Fsp3) is 0.667. The number of rotatable bonds is 0. The van der Waals surface area contributed by atoms with E-state index in [9.17, 15) is 4.79 Å². The van der Waals surface area contributed by atoms with E-state index in [1.54, 1.807) is 6.21 Å². The van der Waals surface area contributed by atoms with Crippen LogP contribution >= 0.6 is 0 Å². The summed E-state index contributed by atoms with van der Waals surface area (Å²) in [6.45, 7) is 3.51. The summed E-state index contributed by atoms with van der Waals surface area (Å²) in [4.78, 5) is 10.7. The Balaban J connectivity index is 2.59. The van der Waals surface area contributed by atoms with Gasteiger partial charge in [0.2, 0.25) is 5.91 Å². The fourth-order valence-corrected chi connectivity index (χ4v) is 0.893. The van der Waals surface area contributed by atoms with E-state index in [0.717, 1.165) is 6.42 Å². The molecule has 0 aromatic carbocycles. The van der Waals surface area contributed by atoms with Crippen LogP contribution in [0.1, 0.15) is 20.3 Å². The molecule has 0 saturated heterocycles. The minimum absolute atomic E-state index is 0.0243. The van der Waals surface area contributed by atoms with Gasteiger partial charge in [0.15, 0.2) is 0 Å². The van der Waals surface area contributed by atoms with Gasteiger partial charge < -0.3 is 0 Å². The smallest absolute Gasteiger partial charge is 0.239 e. The Bertz CT molecular complexity index is 153. The van der Waals surface area contributed by atoms with E-state index in [0.29, 0.717) is 0 Å². The minimum atomic E-state index is 0.0243. The van der Waals surface area contributed by atoms with E-state index in [-0.39, 0.29) is 11.9 Å². The molecule has 1 aliphatic heterocycles. The molecule has 1 amide bonds. The molecule has 3 nitrogen and oxygen atoms in total. The molecule has 1 atom stereocenters. The molecule has 3 heteroatoms. The van der Waals surface area contributed by atoms with Crippen LogP contribution in [-0.4, -0.2) is 23.2 Å². The molecule has 0 aliphatic carbocycles. The van der Waals surface area contributed by atoms with Crippen LogP contribution < -0.4 is 0 Å². The third-order valence-corrected chi connectivity index (χ3v) is 1.39. The Morgan fingerprint density at radius 2 is 2.56 bits per heavy atom. The van der Waals surface area contributed by atoms with Crippen LogP contribution in [0.3, 0.4) is 0 Å². The fourth-order valence-electron chi connectivity index (χ4n) is 0.893. The second-order valence-electron chi connectivity index (χ2n) is 2.25. The third-order valence-electron chi connectivity index (χ3n) is 1.39. The largest absolute Gasteiger partial charge is 0.273 e. The predicted octanol–water partition coefficient (Wildman–Crippen LogP) is 0.613. The van der Waals surface area contributed by atoms with E-state index in [4.69, 9.17) is 0 Å². The summed E-state index contributed by atoms with van der Waals surface area (Å²) in [7, 11) is 0. The maximum Gasteiger partial charge on any atom is 0.239 e. The molecule has 9 heavy (non-hydrogen) atoms. The second kappa shape index (κ2) is 2.17. The number of hydrogen-bond acceptors (Lipinski definition) is 2. The van der Waals surface area contributed by atoms with Gasteiger partial charge in [-0.3, -0.25) is 4.79 Å². The molecule has 0 radical (unpaired) electrons. The molecule has 1 heterocycles. The van der Waals surface area contributed by atoms with Crippen molar-refractivity contribution in [2.24, 2.45) is 5.10 Å².